The highest BCUT2D eigenvalue weighted by Crippen LogP contribution is 2.20. The second kappa shape index (κ2) is 4.04. The number of hydrogen-bond donors (Lipinski definition) is 0. The molecular formula is C11H19N3O. The van der Waals surface area contributed by atoms with E-state index in [0.29, 0.717) is 0 Å². The van der Waals surface area contributed by atoms with E-state index in [1.54, 1.807) is 19.0 Å². The summed E-state index contributed by atoms with van der Waals surface area (Å²) in [4.78, 5) is 19.8. The van der Waals surface area contributed by atoms with Crippen LogP contribution in [0.5, 0.6) is 0 Å². The average molecular weight is 209 g/mol. The van der Waals surface area contributed by atoms with Crippen molar-refractivity contribution < 1.29 is 4.79 Å². The molecule has 0 fully saturated rings. The molecule has 1 atom stereocenters. The second-order valence-corrected chi connectivity index (χ2v) is 4.14. The molecule has 1 heterocycles. The van der Waals surface area contributed by atoms with Crippen molar-refractivity contribution in [3.63, 3.8) is 0 Å². The summed E-state index contributed by atoms with van der Waals surface area (Å²) in [6.45, 7) is 5.99. The predicted molar refractivity (Wildman–Crippen MR) is 61.7 cm³/mol. The zero-order valence-electron chi connectivity index (χ0n) is 10.3. The Kier molecular flexibility index (Phi) is 3.17. The minimum atomic E-state index is -0.399. The van der Waals surface area contributed by atoms with Crippen LogP contribution < -0.4 is 0 Å². The van der Waals surface area contributed by atoms with Crippen molar-refractivity contribution in [2.24, 2.45) is 4.99 Å². The molecule has 0 aromatic carbocycles. The number of allylic oxidation sites excluding steroid dienone is 2. The zero-order chi connectivity index (χ0) is 11.7. The van der Waals surface area contributed by atoms with Gasteiger partial charge >= 0.3 is 0 Å². The number of amides is 1. The molecule has 0 spiro atoms. The molecule has 1 unspecified atom stereocenters. The molecule has 0 aliphatic carbocycles. The van der Waals surface area contributed by atoms with E-state index in [9.17, 15) is 4.79 Å². The highest BCUT2D eigenvalue weighted by Gasteiger charge is 2.28. The summed E-state index contributed by atoms with van der Waals surface area (Å²) >= 11 is 0. The quantitative estimate of drug-likeness (QED) is 0.648. The van der Waals surface area contributed by atoms with E-state index in [0.717, 1.165) is 17.0 Å². The molecule has 0 radical (unpaired) electrons. The first-order chi connectivity index (χ1) is 6.86. The van der Waals surface area contributed by atoms with E-state index in [-0.39, 0.29) is 5.91 Å². The minimum Gasteiger partial charge on any atom is -0.349 e. The number of nitrogens with zero attached hydrogens (tertiary/aromatic N) is 3. The molecular weight excluding hydrogens is 190 g/mol. The molecule has 0 aromatic heterocycles. The van der Waals surface area contributed by atoms with Crippen LogP contribution in [-0.2, 0) is 4.79 Å². The molecule has 15 heavy (non-hydrogen) atoms. The van der Waals surface area contributed by atoms with Crippen LogP contribution in [0, 0.1) is 0 Å². The maximum absolute atomic E-state index is 11.9. The van der Waals surface area contributed by atoms with Gasteiger partial charge in [-0.2, -0.15) is 0 Å². The number of carbonyl (C=O) groups excluding carboxylic acids is 1. The molecule has 1 amide bonds. The minimum absolute atomic E-state index is 0.0173. The number of hydrogen-bond acceptors (Lipinski definition) is 3. The van der Waals surface area contributed by atoms with E-state index in [2.05, 4.69) is 4.99 Å². The molecule has 0 saturated heterocycles. The molecule has 0 saturated carbocycles. The van der Waals surface area contributed by atoms with Crippen LogP contribution >= 0.6 is 0 Å². The summed E-state index contributed by atoms with van der Waals surface area (Å²) in [6.07, 6.45) is -0.399. The van der Waals surface area contributed by atoms with Gasteiger partial charge in [-0.3, -0.25) is 9.79 Å². The van der Waals surface area contributed by atoms with Crippen LogP contribution in [0.25, 0.3) is 0 Å². The van der Waals surface area contributed by atoms with E-state index in [1.807, 2.05) is 32.7 Å². The Balaban J connectivity index is 3.03. The Bertz CT molecular complexity index is 342. The normalized spacial score (nSPS) is 21.6. The first-order valence-electron chi connectivity index (χ1n) is 5.02. The van der Waals surface area contributed by atoms with Gasteiger partial charge in [0.1, 0.15) is 0 Å². The summed E-state index contributed by atoms with van der Waals surface area (Å²) in [5.41, 5.74) is 3.22. The van der Waals surface area contributed by atoms with Gasteiger partial charge in [0.05, 0.1) is 0 Å². The maximum atomic E-state index is 11.9. The van der Waals surface area contributed by atoms with Gasteiger partial charge in [0.2, 0.25) is 6.17 Å². The van der Waals surface area contributed by atoms with Crippen molar-refractivity contribution in [3.8, 4) is 0 Å². The largest absolute Gasteiger partial charge is 0.349 e. The molecule has 0 aromatic rings. The third kappa shape index (κ3) is 2.03. The fourth-order valence-electron chi connectivity index (χ4n) is 1.53. The van der Waals surface area contributed by atoms with E-state index < -0.39 is 6.17 Å². The smallest absolute Gasteiger partial charge is 0.267 e. The Hall–Kier alpha value is -1.32. The highest BCUT2D eigenvalue weighted by molar-refractivity contribution is 6.01. The van der Waals surface area contributed by atoms with Crippen LogP contribution in [-0.4, -0.2) is 48.7 Å². The van der Waals surface area contributed by atoms with Crippen LogP contribution in [0.2, 0.25) is 0 Å². The molecule has 1 rings (SSSR count). The van der Waals surface area contributed by atoms with Gasteiger partial charge in [0.15, 0.2) is 0 Å². The molecule has 1 aliphatic rings. The van der Waals surface area contributed by atoms with Gasteiger partial charge < -0.3 is 9.80 Å². The first kappa shape index (κ1) is 11.8. The van der Waals surface area contributed by atoms with Crippen molar-refractivity contribution in [2.45, 2.75) is 26.9 Å². The Morgan fingerprint density at radius 1 is 1.33 bits per heavy atom. The topological polar surface area (TPSA) is 35.9 Å². The predicted octanol–water partition coefficient (Wildman–Crippen LogP) is 1.10. The van der Waals surface area contributed by atoms with Crippen LogP contribution in [0.3, 0.4) is 0 Å². The Morgan fingerprint density at radius 2 is 1.87 bits per heavy atom. The van der Waals surface area contributed by atoms with Crippen molar-refractivity contribution in [1.29, 1.82) is 0 Å². The summed E-state index contributed by atoms with van der Waals surface area (Å²) < 4.78 is 0. The average Bonchev–Trinajstić information content (AvgIpc) is 2.19. The highest BCUT2D eigenvalue weighted by atomic mass is 16.2. The Morgan fingerprint density at radius 3 is 2.33 bits per heavy atom. The third-order valence-electron chi connectivity index (χ3n) is 2.96. The third-order valence-corrected chi connectivity index (χ3v) is 2.96. The molecule has 4 heteroatoms. The lowest BCUT2D eigenvalue weighted by molar-refractivity contribution is -0.133. The monoisotopic (exact) mass is 209 g/mol. The van der Waals surface area contributed by atoms with E-state index >= 15 is 0 Å². The molecule has 4 nitrogen and oxygen atoms in total. The lowest BCUT2D eigenvalue weighted by Gasteiger charge is -2.33. The van der Waals surface area contributed by atoms with E-state index in [4.69, 9.17) is 0 Å². The molecule has 0 bridgehead atoms. The number of aliphatic imine (C=N–C) groups is 1. The van der Waals surface area contributed by atoms with Gasteiger partial charge in [0, 0.05) is 32.6 Å². The lowest BCUT2D eigenvalue weighted by atomic mass is 10.1. The summed E-state index contributed by atoms with van der Waals surface area (Å²) in [6, 6.07) is 0. The number of carbonyl (C=O) groups is 1. The van der Waals surface area contributed by atoms with Crippen LogP contribution in [0.15, 0.2) is 16.3 Å². The van der Waals surface area contributed by atoms with Crippen molar-refractivity contribution in [1.82, 2.24) is 9.80 Å². The van der Waals surface area contributed by atoms with Gasteiger partial charge in [-0.1, -0.05) is 0 Å². The van der Waals surface area contributed by atoms with Crippen LogP contribution in [0.4, 0.5) is 0 Å². The SMILES string of the molecule is CC1=NC(C(=O)N(C)C)N(C)C(C)=C1C. The van der Waals surface area contributed by atoms with E-state index in [1.165, 1.54) is 0 Å². The fraction of sp³-hybridized carbons (Fsp3) is 0.636. The molecule has 0 N–H and O–H groups in total. The summed E-state index contributed by atoms with van der Waals surface area (Å²) in [7, 11) is 5.41. The fourth-order valence-corrected chi connectivity index (χ4v) is 1.53. The summed E-state index contributed by atoms with van der Waals surface area (Å²) in [5, 5.41) is 0. The van der Waals surface area contributed by atoms with Gasteiger partial charge in [-0.05, 0) is 26.3 Å². The van der Waals surface area contributed by atoms with Gasteiger partial charge in [-0.25, -0.2) is 0 Å². The Labute approximate surface area is 91.3 Å². The first-order valence-corrected chi connectivity index (χ1v) is 5.02. The lowest BCUT2D eigenvalue weighted by Crippen LogP contribution is -2.45. The van der Waals surface area contributed by atoms with Crippen molar-refractivity contribution in [3.05, 3.63) is 11.3 Å². The maximum Gasteiger partial charge on any atom is 0.267 e. The zero-order valence-corrected chi connectivity index (χ0v) is 10.3. The molecule has 1 aliphatic heterocycles. The van der Waals surface area contributed by atoms with Crippen molar-refractivity contribution >= 4 is 11.6 Å². The second-order valence-electron chi connectivity index (χ2n) is 4.14. The van der Waals surface area contributed by atoms with Crippen LogP contribution in [0.1, 0.15) is 20.8 Å². The van der Waals surface area contributed by atoms with Crippen molar-refractivity contribution in [2.75, 3.05) is 21.1 Å². The standard InChI is InChI=1S/C11H19N3O/c1-7-8(2)12-10(11(15)13(4)5)14(6)9(7)3/h10H,1-6H3. The van der Waals surface area contributed by atoms with Gasteiger partial charge in [-0.15, -0.1) is 0 Å². The number of likely N-dealkylation sites (N-methyl/N-ethyl adjacent to an activating group) is 2. The number of rotatable bonds is 1. The molecule has 84 valence electrons. The summed E-state index contributed by atoms with van der Waals surface area (Å²) in [5.74, 6) is 0.0173. The van der Waals surface area contributed by atoms with Gasteiger partial charge in [0.25, 0.3) is 5.91 Å².